The second kappa shape index (κ2) is 4.59. The molecule has 0 aromatic rings. The van der Waals surface area contributed by atoms with E-state index in [-0.39, 0.29) is 34.8 Å². The van der Waals surface area contributed by atoms with Crippen LogP contribution in [0.1, 0.15) is 59.8 Å². The smallest absolute Gasteiger partial charge is 0.331 e. The van der Waals surface area contributed by atoms with Crippen LogP contribution in [0.15, 0.2) is 11.6 Å². The molecule has 0 amide bonds. The highest BCUT2D eigenvalue weighted by molar-refractivity contribution is 5.93. The van der Waals surface area contributed by atoms with Gasteiger partial charge in [-0.05, 0) is 49.0 Å². The Morgan fingerprint density at radius 2 is 1.71 bits per heavy atom. The number of Topliss-reactive ketones (excluding diaryl/α,β-unsaturated/α-hetero) is 2. The van der Waals surface area contributed by atoms with Crippen LogP contribution in [0.2, 0.25) is 0 Å². The van der Waals surface area contributed by atoms with Crippen molar-refractivity contribution in [3.05, 3.63) is 11.6 Å². The van der Waals surface area contributed by atoms with E-state index in [1.54, 1.807) is 6.08 Å². The molecule has 0 aromatic carbocycles. The average Bonchev–Trinajstić information content (AvgIpc) is 2.89. The topological polar surface area (TPSA) is 60.4 Å². The number of esters is 1. The minimum atomic E-state index is -0.641. The van der Waals surface area contributed by atoms with Gasteiger partial charge in [-0.3, -0.25) is 9.59 Å². The van der Waals surface area contributed by atoms with E-state index >= 15 is 0 Å². The predicted octanol–water partition coefficient (Wildman–Crippen LogP) is 3.24. The minimum Gasteiger partial charge on any atom is -0.454 e. The summed E-state index contributed by atoms with van der Waals surface area (Å²) in [5.41, 5.74) is -0.161. The van der Waals surface area contributed by atoms with Gasteiger partial charge in [0.2, 0.25) is 0 Å². The van der Waals surface area contributed by atoms with Crippen molar-refractivity contribution in [3.63, 3.8) is 0 Å². The van der Waals surface area contributed by atoms with Crippen LogP contribution in [-0.4, -0.2) is 23.6 Å². The molecule has 0 radical (unpaired) electrons. The van der Waals surface area contributed by atoms with Crippen LogP contribution < -0.4 is 0 Å². The van der Waals surface area contributed by atoms with E-state index in [9.17, 15) is 14.4 Å². The highest BCUT2D eigenvalue weighted by Gasteiger charge is 2.67. The second-order valence-electron chi connectivity index (χ2n) is 9.24. The summed E-state index contributed by atoms with van der Waals surface area (Å²) in [6.45, 7) is 8.29. The predicted molar refractivity (Wildman–Crippen MR) is 88.0 cm³/mol. The van der Waals surface area contributed by atoms with Gasteiger partial charge in [-0.25, -0.2) is 4.79 Å². The summed E-state index contributed by atoms with van der Waals surface area (Å²) in [7, 11) is 0. The van der Waals surface area contributed by atoms with Gasteiger partial charge in [0.1, 0.15) is 17.7 Å². The molecular formula is C20H26O4. The summed E-state index contributed by atoms with van der Waals surface area (Å²) in [6.07, 6.45) is 4.76. The molecular weight excluding hydrogens is 304 g/mol. The van der Waals surface area contributed by atoms with Crippen molar-refractivity contribution < 1.29 is 19.1 Å². The lowest BCUT2D eigenvalue weighted by atomic mass is 9.40. The molecule has 4 aliphatic rings. The van der Waals surface area contributed by atoms with Crippen molar-refractivity contribution in [1.29, 1.82) is 0 Å². The number of carbonyl (C=O) groups excluding carboxylic acids is 3. The van der Waals surface area contributed by atoms with E-state index in [0.29, 0.717) is 12.8 Å². The van der Waals surface area contributed by atoms with Gasteiger partial charge in [-0.2, -0.15) is 0 Å². The molecule has 3 saturated carbocycles. The molecule has 24 heavy (non-hydrogen) atoms. The Balaban J connectivity index is 1.81. The largest absolute Gasteiger partial charge is 0.454 e. The van der Waals surface area contributed by atoms with Gasteiger partial charge in [0, 0.05) is 24.3 Å². The monoisotopic (exact) mass is 330 g/mol. The van der Waals surface area contributed by atoms with Gasteiger partial charge in [-0.1, -0.05) is 20.8 Å². The first-order valence-corrected chi connectivity index (χ1v) is 9.09. The van der Waals surface area contributed by atoms with Gasteiger partial charge >= 0.3 is 5.97 Å². The van der Waals surface area contributed by atoms with Crippen LogP contribution in [0.3, 0.4) is 0 Å². The molecule has 4 heteroatoms. The van der Waals surface area contributed by atoms with Crippen LogP contribution in [0, 0.1) is 28.1 Å². The molecule has 0 N–H and O–H groups in total. The molecule has 1 heterocycles. The summed E-state index contributed by atoms with van der Waals surface area (Å²) in [4.78, 5) is 37.5. The number of hydrogen-bond donors (Lipinski definition) is 0. The molecule has 4 nitrogen and oxygen atoms in total. The normalized spacial score (nSPS) is 46.6. The number of ether oxygens (including phenoxy) is 1. The van der Waals surface area contributed by atoms with Gasteiger partial charge in [0.05, 0.1) is 5.41 Å². The Morgan fingerprint density at radius 3 is 2.42 bits per heavy atom. The van der Waals surface area contributed by atoms with E-state index < -0.39 is 16.9 Å². The van der Waals surface area contributed by atoms with Crippen molar-refractivity contribution in [2.45, 2.75) is 65.9 Å². The van der Waals surface area contributed by atoms with Crippen molar-refractivity contribution >= 4 is 17.5 Å². The Morgan fingerprint density at radius 1 is 1.00 bits per heavy atom. The number of ketones is 2. The maximum Gasteiger partial charge on any atom is 0.331 e. The summed E-state index contributed by atoms with van der Waals surface area (Å²) in [5, 5.41) is 0. The SMILES string of the molecule is CC1(C)C(=O)CC[C@]2(C)[C@H]3CCC4=CC(=O)O[C@@H]4[C@@]3(C)C(=O)C[C@@H]12. The Kier molecular flexibility index (Phi) is 3.06. The average molecular weight is 330 g/mol. The third kappa shape index (κ3) is 1.72. The first-order chi connectivity index (χ1) is 11.1. The van der Waals surface area contributed by atoms with Gasteiger partial charge < -0.3 is 4.74 Å². The molecule has 4 rings (SSSR count). The third-order valence-corrected chi connectivity index (χ3v) is 7.93. The van der Waals surface area contributed by atoms with E-state index in [2.05, 4.69) is 6.92 Å². The minimum absolute atomic E-state index is 0.0550. The van der Waals surface area contributed by atoms with E-state index in [1.165, 1.54) is 0 Å². The molecule has 0 aromatic heterocycles. The van der Waals surface area contributed by atoms with E-state index in [0.717, 1.165) is 24.8 Å². The standard InChI is InChI=1S/C20H26O4/c1-18(2)13-10-15(22)20(4)12(19(13,3)8-7-14(18)21)6-5-11-9-16(23)24-17(11)20/h9,12-13,17H,5-8,10H2,1-4H3/t12-,13+,17+,19-,20-/m1/s1. The Labute approximate surface area is 143 Å². The maximum absolute atomic E-state index is 13.3. The maximum atomic E-state index is 13.3. The van der Waals surface area contributed by atoms with Crippen molar-refractivity contribution in [2.75, 3.05) is 0 Å². The van der Waals surface area contributed by atoms with Gasteiger partial charge in [0.15, 0.2) is 0 Å². The summed E-state index contributed by atoms with van der Waals surface area (Å²) in [6, 6.07) is 0. The van der Waals surface area contributed by atoms with Gasteiger partial charge in [0.25, 0.3) is 0 Å². The summed E-state index contributed by atoms with van der Waals surface area (Å²) < 4.78 is 5.59. The molecule has 0 bridgehead atoms. The molecule has 1 aliphatic heterocycles. The fraction of sp³-hybridized carbons (Fsp3) is 0.750. The van der Waals surface area contributed by atoms with Crippen LogP contribution in [0.5, 0.6) is 0 Å². The Hall–Kier alpha value is -1.45. The Bertz CT molecular complexity index is 688. The van der Waals surface area contributed by atoms with E-state index in [4.69, 9.17) is 4.74 Å². The highest BCUT2D eigenvalue weighted by Crippen LogP contribution is 2.66. The number of fused-ring (bicyclic) bond motifs is 5. The molecule has 0 spiro atoms. The fourth-order valence-electron chi connectivity index (χ4n) is 6.52. The molecule has 130 valence electrons. The lowest BCUT2D eigenvalue weighted by Gasteiger charge is -2.63. The van der Waals surface area contributed by atoms with Crippen molar-refractivity contribution in [1.82, 2.24) is 0 Å². The lowest BCUT2D eigenvalue weighted by Crippen LogP contribution is -2.64. The quantitative estimate of drug-likeness (QED) is 0.640. The molecule has 0 saturated heterocycles. The van der Waals surface area contributed by atoms with Crippen molar-refractivity contribution in [3.8, 4) is 0 Å². The van der Waals surface area contributed by atoms with Crippen LogP contribution in [0.25, 0.3) is 0 Å². The lowest BCUT2D eigenvalue weighted by molar-refractivity contribution is -0.187. The summed E-state index contributed by atoms with van der Waals surface area (Å²) >= 11 is 0. The zero-order valence-electron chi connectivity index (χ0n) is 15.0. The second-order valence-corrected chi connectivity index (χ2v) is 9.24. The number of hydrogen-bond acceptors (Lipinski definition) is 4. The van der Waals surface area contributed by atoms with E-state index in [1.807, 2.05) is 20.8 Å². The van der Waals surface area contributed by atoms with Crippen LogP contribution in [-0.2, 0) is 19.1 Å². The van der Waals surface area contributed by atoms with Crippen LogP contribution in [0.4, 0.5) is 0 Å². The first-order valence-electron chi connectivity index (χ1n) is 9.09. The van der Waals surface area contributed by atoms with Gasteiger partial charge in [-0.15, -0.1) is 0 Å². The zero-order valence-corrected chi connectivity index (χ0v) is 15.0. The third-order valence-electron chi connectivity index (χ3n) is 7.93. The fourth-order valence-corrected chi connectivity index (χ4v) is 6.52. The van der Waals surface area contributed by atoms with Crippen molar-refractivity contribution in [2.24, 2.45) is 28.1 Å². The first kappa shape index (κ1) is 16.0. The highest BCUT2D eigenvalue weighted by atomic mass is 16.5. The zero-order chi connectivity index (χ0) is 17.5. The number of carbonyl (C=O) groups is 3. The summed E-state index contributed by atoms with van der Waals surface area (Å²) in [5.74, 6) is 0.389. The van der Waals surface area contributed by atoms with Crippen LogP contribution >= 0.6 is 0 Å². The molecule has 3 aliphatic carbocycles. The molecule has 3 fully saturated rings. The molecule has 5 atom stereocenters. The number of rotatable bonds is 0. The molecule has 0 unspecified atom stereocenters.